The highest BCUT2D eigenvalue weighted by atomic mass is 79.9. The molecule has 21 heavy (non-hydrogen) atoms. The lowest BCUT2D eigenvalue weighted by Crippen LogP contribution is -2.15. The Hall–Kier alpha value is -1.25. The molecule has 0 atom stereocenters. The van der Waals surface area contributed by atoms with Crippen molar-refractivity contribution in [3.8, 4) is 5.75 Å². The topological polar surface area (TPSA) is 81.4 Å². The maximum absolute atomic E-state index is 12.5. The fourth-order valence-electron chi connectivity index (χ4n) is 1.75. The number of sulfonamides is 1. The smallest absolute Gasteiger partial charge is 0.265 e. The Morgan fingerprint density at radius 3 is 2.57 bits per heavy atom. The fourth-order valence-corrected chi connectivity index (χ4v) is 4.31. The molecule has 0 spiro atoms. The molecular weight excluding hydrogens is 384 g/mol. The molecule has 2 rings (SSSR count). The van der Waals surface area contributed by atoms with E-state index >= 15 is 0 Å². The van der Waals surface area contributed by atoms with Crippen LogP contribution in [0.5, 0.6) is 5.75 Å². The molecule has 0 fully saturated rings. The third-order valence-corrected chi connectivity index (χ3v) is 4.90. The van der Waals surface area contributed by atoms with Crippen LogP contribution >= 0.6 is 27.5 Å². The van der Waals surface area contributed by atoms with Gasteiger partial charge in [0.1, 0.15) is 16.3 Å². The van der Waals surface area contributed by atoms with Gasteiger partial charge < -0.3 is 9.26 Å². The molecule has 0 saturated heterocycles. The molecule has 0 saturated carbocycles. The van der Waals surface area contributed by atoms with Crippen molar-refractivity contribution in [2.24, 2.45) is 0 Å². The van der Waals surface area contributed by atoms with E-state index in [4.69, 9.17) is 20.9 Å². The lowest BCUT2D eigenvalue weighted by Gasteiger charge is -2.13. The Kier molecular flexibility index (Phi) is 4.50. The zero-order valence-corrected chi connectivity index (χ0v) is 14.6. The number of nitrogens with one attached hydrogen (secondary N) is 1. The zero-order valence-electron chi connectivity index (χ0n) is 11.4. The number of benzene rings is 1. The minimum atomic E-state index is -3.91. The molecule has 9 heteroatoms. The highest BCUT2D eigenvalue weighted by Crippen LogP contribution is 2.36. The first-order valence-corrected chi connectivity index (χ1v) is 8.40. The minimum Gasteiger partial charge on any atom is -0.494 e. The van der Waals surface area contributed by atoms with Gasteiger partial charge in [0.05, 0.1) is 11.6 Å². The standard InChI is InChI=1S/C12H12BrClN2O4S/c1-6-11(7(2)20-15-6)16-21(17,18)10-5-8(14)4-9(13)12(10)19-3/h4-5,16H,1-3H3. The lowest BCUT2D eigenvalue weighted by molar-refractivity contribution is 0.393. The van der Waals surface area contributed by atoms with Crippen molar-refractivity contribution in [2.75, 3.05) is 11.8 Å². The van der Waals surface area contributed by atoms with Gasteiger partial charge in [0, 0.05) is 5.02 Å². The molecule has 2 aromatic rings. The van der Waals surface area contributed by atoms with Crippen LogP contribution in [0, 0.1) is 13.8 Å². The van der Waals surface area contributed by atoms with Gasteiger partial charge in [-0.25, -0.2) is 8.42 Å². The molecule has 0 aliphatic carbocycles. The molecule has 0 aliphatic rings. The van der Waals surface area contributed by atoms with Crippen molar-refractivity contribution >= 4 is 43.2 Å². The van der Waals surface area contributed by atoms with E-state index in [2.05, 4.69) is 25.8 Å². The number of anilines is 1. The number of aromatic nitrogens is 1. The number of rotatable bonds is 4. The predicted molar refractivity (Wildman–Crippen MR) is 82.5 cm³/mol. The highest BCUT2D eigenvalue weighted by molar-refractivity contribution is 9.10. The number of nitrogens with zero attached hydrogens (tertiary/aromatic N) is 1. The minimum absolute atomic E-state index is 0.0793. The fraction of sp³-hybridized carbons (Fsp3) is 0.250. The average Bonchev–Trinajstić information content (AvgIpc) is 2.69. The average molecular weight is 396 g/mol. The van der Waals surface area contributed by atoms with Crippen LogP contribution in [0.15, 0.2) is 26.0 Å². The summed E-state index contributed by atoms with van der Waals surface area (Å²) in [4.78, 5) is -0.0793. The Labute approximate surface area is 135 Å². The molecule has 1 aromatic carbocycles. The number of aryl methyl sites for hydroxylation is 2. The van der Waals surface area contributed by atoms with Gasteiger partial charge in [-0.2, -0.15) is 0 Å². The molecule has 1 N–H and O–H groups in total. The van der Waals surface area contributed by atoms with Crippen molar-refractivity contribution in [1.82, 2.24) is 5.16 Å². The summed E-state index contributed by atoms with van der Waals surface area (Å²) in [5.74, 6) is 0.537. The Balaban J connectivity index is 2.55. The summed E-state index contributed by atoms with van der Waals surface area (Å²) in [7, 11) is -2.53. The van der Waals surface area contributed by atoms with Crippen LogP contribution in [0.4, 0.5) is 5.69 Å². The molecule has 0 aliphatic heterocycles. The van der Waals surface area contributed by atoms with Crippen molar-refractivity contribution in [2.45, 2.75) is 18.7 Å². The van der Waals surface area contributed by atoms with Gasteiger partial charge in [0.15, 0.2) is 11.5 Å². The number of halogens is 2. The molecule has 1 aromatic heterocycles. The van der Waals surface area contributed by atoms with Gasteiger partial charge in [-0.05, 0) is 41.9 Å². The summed E-state index contributed by atoms with van der Waals surface area (Å²) in [6.45, 7) is 3.25. The number of hydrogen-bond donors (Lipinski definition) is 1. The molecule has 0 amide bonds. The van der Waals surface area contributed by atoms with Gasteiger partial charge in [-0.1, -0.05) is 16.8 Å². The summed E-state index contributed by atoms with van der Waals surface area (Å²) < 4.78 is 38.0. The van der Waals surface area contributed by atoms with Gasteiger partial charge in [0.25, 0.3) is 10.0 Å². The largest absolute Gasteiger partial charge is 0.494 e. The summed E-state index contributed by atoms with van der Waals surface area (Å²) in [5.41, 5.74) is 0.740. The van der Waals surface area contributed by atoms with E-state index in [1.165, 1.54) is 13.2 Å². The second-order valence-corrected chi connectivity index (χ2v) is 7.17. The third-order valence-electron chi connectivity index (χ3n) is 2.74. The normalized spacial score (nSPS) is 11.5. The van der Waals surface area contributed by atoms with Crippen molar-refractivity contribution < 1.29 is 17.7 Å². The van der Waals surface area contributed by atoms with Crippen LogP contribution in [-0.4, -0.2) is 20.7 Å². The lowest BCUT2D eigenvalue weighted by atomic mass is 10.3. The van der Waals surface area contributed by atoms with Crippen LogP contribution in [0.2, 0.25) is 5.02 Å². The van der Waals surface area contributed by atoms with Crippen LogP contribution in [-0.2, 0) is 10.0 Å². The molecular formula is C12H12BrClN2O4S. The van der Waals surface area contributed by atoms with Gasteiger partial charge in [0.2, 0.25) is 0 Å². The van der Waals surface area contributed by atoms with Crippen LogP contribution in [0.3, 0.4) is 0 Å². The summed E-state index contributed by atoms with van der Waals surface area (Å²) in [5, 5.41) is 3.97. The first-order valence-electron chi connectivity index (χ1n) is 5.75. The third kappa shape index (κ3) is 3.17. The summed E-state index contributed by atoms with van der Waals surface area (Å²) in [6.07, 6.45) is 0. The number of hydrogen-bond acceptors (Lipinski definition) is 5. The van der Waals surface area contributed by atoms with Crippen LogP contribution in [0.1, 0.15) is 11.5 Å². The first-order chi connectivity index (χ1) is 9.76. The van der Waals surface area contributed by atoms with Crippen molar-refractivity contribution in [1.29, 1.82) is 0 Å². The second kappa shape index (κ2) is 5.86. The molecule has 114 valence electrons. The molecule has 0 radical (unpaired) electrons. The summed E-state index contributed by atoms with van der Waals surface area (Å²) in [6, 6.07) is 2.86. The maximum atomic E-state index is 12.5. The summed E-state index contributed by atoms with van der Waals surface area (Å²) >= 11 is 9.15. The van der Waals surface area contributed by atoms with Crippen molar-refractivity contribution in [3.63, 3.8) is 0 Å². The molecule has 6 nitrogen and oxygen atoms in total. The monoisotopic (exact) mass is 394 g/mol. The van der Waals surface area contributed by atoms with Crippen molar-refractivity contribution in [3.05, 3.63) is 33.1 Å². The molecule has 0 unspecified atom stereocenters. The Bertz CT molecular complexity index is 769. The van der Waals surface area contributed by atoms with E-state index in [0.29, 0.717) is 21.6 Å². The van der Waals surface area contributed by atoms with E-state index in [9.17, 15) is 8.42 Å². The van der Waals surface area contributed by atoms with E-state index in [0.717, 1.165) is 0 Å². The maximum Gasteiger partial charge on any atom is 0.265 e. The van der Waals surface area contributed by atoms with Gasteiger partial charge in [-0.15, -0.1) is 0 Å². The van der Waals surface area contributed by atoms with Gasteiger partial charge >= 0.3 is 0 Å². The first kappa shape index (κ1) is 16.1. The Morgan fingerprint density at radius 2 is 2.05 bits per heavy atom. The van der Waals surface area contributed by atoms with E-state index in [1.54, 1.807) is 19.9 Å². The SMILES string of the molecule is COc1c(Br)cc(Cl)cc1S(=O)(=O)Nc1c(C)noc1C. The number of ether oxygens (including phenoxy) is 1. The Morgan fingerprint density at radius 1 is 1.38 bits per heavy atom. The second-order valence-electron chi connectivity index (χ2n) is 4.22. The number of methoxy groups -OCH3 is 1. The quantitative estimate of drug-likeness (QED) is 0.856. The van der Waals surface area contributed by atoms with E-state index < -0.39 is 10.0 Å². The van der Waals surface area contributed by atoms with Crippen LogP contribution < -0.4 is 9.46 Å². The predicted octanol–water partition coefficient (Wildman–Crippen LogP) is 3.52. The highest BCUT2D eigenvalue weighted by Gasteiger charge is 2.25. The zero-order chi connectivity index (χ0) is 15.8. The molecule has 0 bridgehead atoms. The van der Waals surface area contributed by atoms with Crippen LogP contribution in [0.25, 0.3) is 0 Å². The van der Waals surface area contributed by atoms with E-state index in [1.807, 2.05) is 0 Å². The van der Waals surface area contributed by atoms with Gasteiger partial charge in [-0.3, -0.25) is 4.72 Å². The molecule has 1 heterocycles. The van der Waals surface area contributed by atoms with E-state index in [-0.39, 0.29) is 15.7 Å².